The van der Waals surface area contributed by atoms with Crippen molar-refractivity contribution in [3.8, 4) is 0 Å². The average Bonchev–Trinajstić information content (AvgIpc) is 2.86. The van der Waals surface area contributed by atoms with Gasteiger partial charge in [-0.05, 0) is 31.4 Å². The van der Waals surface area contributed by atoms with Gasteiger partial charge in [0.05, 0.1) is 5.69 Å². The molecule has 0 bridgehead atoms. The van der Waals surface area contributed by atoms with Crippen molar-refractivity contribution in [1.82, 2.24) is 9.21 Å². The molecule has 116 valence electrons. The van der Waals surface area contributed by atoms with Crippen molar-refractivity contribution < 1.29 is 13.2 Å². The number of benzene rings is 1. The molecule has 0 radical (unpaired) electrons. The first-order valence-corrected chi connectivity index (χ1v) is 8.29. The molecule has 1 aromatic rings. The van der Waals surface area contributed by atoms with Crippen LogP contribution in [0.1, 0.15) is 18.4 Å². The van der Waals surface area contributed by atoms with Gasteiger partial charge in [0.2, 0.25) is 15.9 Å². The van der Waals surface area contributed by atoms with E-state index in [4.69, 9.17) is 5.73 Å². The minimum Gasteiger partial charge on any atom is -0.398 e. The molecular formula is C14H21N3O3S. The van der Waals surface area contributed by atoms with Crippen LogP contribution < -0.4 is 5.73 Å². The van der Waals surface area contributed by atoms with E-state index in [1.165, 1.54) is 9.21 Å². The van der Waals surface area contributed by atoms with Crippen LogP contribution in [-0.2, 0) is 14.8 Å². The van der Waals surface area contributed by atoms with Crippen LogP contribution in [0.4, 0.5) is 5.69 Å². The molecule has 2 N–H and O–H groups in total. The van der Waals surface area contributed by atoms with Gasteiger partial charge in [0, 0.05) is 20.6 Å². The van der Waals surface area contributed by atoms with Crippen molar-refractivity contribution >= 4 is 21.6 Å². The third-order valence-electron chi connectivity index (χ3n) is 3.74. The summed E-state index contributed by atoms with van der Waals surface area (Å²) in [5.41, 5.74) is 6.67. The van der Waals surface area contributed by atoms with Crippen LogP contribution in [-0.4, -0.2) is 50.2 Å². The van der Waals surface area contributed by atoms with Gasteiger partial charge < -0.3 is 10.6 Å². The van der Waals surface area contributed by atoms with Crippen LogP contribution in [0.15, 0.2) is 23.1 Å². The molecule has 1 amide bonds. The van der Waals surface area contributed by atoms with Gasteiger partial charge in [-0.3, -0.25) is 4.79 Å². The molecule has 1 unspecified atom stereocenters. The molecule has 1 saturated heterocycles. The predicted octanol–water partition coefficient (Wildman–Crippen LogP) is 0.819. The molecule has 21 heavy (non-hydrogen) atoms. The molecule has 7 heteroatoms. The van der Waals surface area contributed by atoms with Crippen molar-refractivity contribution in [1.29, 1.82) is 0 Å². The molecule has 0 aromatic heterocycles. The number of carbonyl (C=O) groups excluding carboxylic acids is 1. The highest BCUT2D eigenvalue weighted by atomic mass is 32.2. The number of hydrogen-bond acceptors (Lipinski definition) is 4. The van der Waals surface area contributed by atoms with Crippen molar-refractivity contribution in [3.63, 3.8) is 0 Å². The molecular weight excluding hydrogens is 290 g/mol. The van der Waals surface area contributed by atoms with E-state index in [9.17, 15) is 13.2 Å². The van der Waals surface area contributed by atoms with Crippen LogP contribution in [0.5, 0.6) is 0 Å². The lowest BCUT2D eigenvalue weighted by molar-refractivity contribution is -0.132. The Morgan fingerprint density at radius 1 is 1.38 bits per heavy atom. The average molecular weight is 311 g/mol. The quantitative estimate of drug-likeness (QED) is 0.838. The second-order valence-electron chi connectivity index (χ2n) is 5.50. The highest BCUT2D eigenvalue weighted by molar-refractivity contribution is 7.89. The van der Waals surface area contributed by atoms with Crippen LogP contribution >= 0.6 is 0 Å². The number of nitrogens with two attached hydrogens (primary N) is 1. The maximum atomic E-state index is 12.9. The topological polar surface area (TPSA) is 83.7 Å². The maximum absolute atomic E-state index is 12.9. The molecule has 0 saturated carbocycles. The van der Waals surface area contributed by atoms with Gasteiger partial charge in [-0.2, -0.15) is 4.31 Å². The number of carbonyl (C=O) groups is 1. The number of rotatable bonds is 3. The van der Waals surface area contributed by atoms with Gasteiger partial charge in [-0.1, -0.05) is 12.1 Å². The lowest BCUT2D eigenvalue weighted by Crippen LogP contribution is -2.45. The fraction of sp³-hybridized carbons (Fsp3) is 0.500. The van der Waals surface area contributed by atoms with Gasteiger partial charge >= 0.3 is 0 Å². The number of amides is 1. The summed E-state index contributed by atoms with van der Waals surface area (Å²) in [6, 6.07) is 4.36. The first-order valence-electron chi connectivity index (χ1n) is 6.85. The summed E-state index contributed by atoms with van der Waals surface area (Å²) in [6.45, 7) is 2.06. The van der Waals surface area contributed by atoms with Gasteiger partial charge in [0.25, 0.3) is 0 Å². The number of sulfonamides is 1. The largest absolute Gasteiger partial charge is 0.398 e. The fourth-order valence-electron chi connectivity index (χ4n) is 2.72. The highest BCUT2D eigenvalue weighted by Gasteiger charge is 2.41. The Bertz CT molecular complexity index is 635. The maximum Gasteiger partial charge on any atom is 0.246 e. The monoisotopic (exact) mass is 311 g/mol. The predicted molar refractivity (Wildman–Crippen MR) is 81.2 cm³/mol. The van der Waals surface area contributed by atoms with Crippen molar-refractivity contribution in [3.05, 3.63) is 23.8 Å². The van der Waals surface area contributed by atoms with E-state index in [0.717, 1.165) is 0 Å². The second kappa shape index (κ2) is 5.65. The van der Waals surface area contributed by atoms with E-state index in [-0.39, 0.29) is 16.5 Å². The number of nitrogens with zero attached hydrogens (tertiary/aromatic N) is 2. The van der Waals surface area contributed by atoms with Crippen molar-refractivity contribution in [2.45, 2.75) is 30.7 Å². The normalized spacial score (nSPS) is 19.7. The Balaban J connectivity index is 2.46. The smallest absolute Gasteiger partial charge is 0.246 e. The lowest BCUT2D eigenvalue weighted by atomic mass is 10.2. The standard InChI is InChI=1S/C14H21N3O3S/c1-10-6-4-7-11(15)13(10)21(19,20)17-9-5-8-12(17)14(18)16(2)3/h4,6-7,12H,5,8-9,15H2,1-3H3. The zero-order chi connectivity index (χ0) is 15.8. The second-order valence-corrected chi connectivity index (χ2v) is 7.33. The number of likely N-dealkylation sites (N-methyl/N-ethyl adjacent to an activating group) is 1. The fourth-order valence-corrected chi connectivity index (χ4v) is 4.69. The Morgan fingerprint density at radius 2 is 2.05 bits per heavy atom. The molecule has 1 aliphatic heterocycles. The zero-order valence-corrected chi connectivity index (χ0v) is 13.4. The third-order valence-corrected chi connectivity index (χ3v) is 5.87. The number of aryl methyl sites for hydroxylation is 1. The number of hydrogen-bond donors (Lipinski definition) is 1. The Labute approximate surface area is 125 Å². The van der Waals surface area contributed by atoms with E-state index in [0.29, 0.717) is 24.9 Å². The summed E-state index contributed by atoms with van der Waals surface area (Å²) in [4.78, 5) is 13.7. The first kappa shape index (κ1) is 15.8. The molecule has 1 fully saturated rings. The van der Waals surface area contributed by atoms with E-state index in [2.05, 4.69) is 0 Å². The van der Waals surface area contributed by atoms with Crippen molar-refractivity contribution in [2.24, 2.45) is 0 Å². The molecule has 1 aromatic carbocycles. The highest BCUT2D eigenvalue weighted by Crippen LogP contribution is 2.31. The van der Waals surface area contributed by atoms with Crippen molar-refractivity contribution in [2.75, 3.05) is 26.4 Å². The summed E-state index contributed by atoms with van der Waals surface area (Å²) in [5.74, 6) is -0.191. The summed E-state index contributed by atoms with van der Waals surface area (Å²) in [7, 11) is -0.502. The third kappa shape index (κ3) is 2.75. The van der Waals surface area contributed by atoms with Crippen LogP contribution in [0.25, 0.3) is 0 Å². The molecule has 0 spiro atoms. The van der Waals surface area contributed by atoms with Crippen LogP contribution in [0.3, 0.4) is 0 Å². The summed E-state index contributed by atoms with van der Waals surface area (Å²) >= 11 is 0. The first-order chi connectivity index (χ1) is 9.76. The van der Waals surface area contributed by atoms with E-state index < -0.39 is 16.1 Å². The number of nitrogen functional groups attached to an aromatic ring is 1. The van der Waals surface area contributed by atoms with Gasteiger partial charge in [0.15, 0.2) is 0 Å². The molecule has 0 aliphatic carbocycles. The summed E-state index contributed by atoms with van der Waals surface area (Å²) in [5, 5.41) is 0. The molecule has 1 heterocycles. The van der Waals surface area contributed by atoms with E-state index in [1.54, 1.807) is 39.2 Å². The van der Waals surface area contributed by atoms with Gasteiger partial charge in [0.1, 0.15) is 10.9 Å². The molecule has 6 nitrogen and oxygen atoms in total. The summed E-state index contributed by atoms with van der Waals surface area (Å²) < 4.78 is 27.1. The Kier molecular flexibility index (Phi) is 4.25. The number of anilines is 1. The van der Waals surface area contributed by atoms with E-state index >= 15 is 0 Å². The van der Waals surface area contributed by atoms with Gasteiger partial charge in [-0.15, -0.1) is 0 Å². The Morgan fingerprint density at radius 3 is 2.62 bits per heavy atom. The summed E-state index contributed by atoms with van der Waals surface area (Å²) in [6.07, 6.45) is 1.22. The van der Waals surface area contributed by atoms with E-state index in [1.807, 2.05) is 0 Å². The van der Waals surface area contributed by atoms with Crippen LogP contribution in [0.2, 0.25) is 0 Å². The zero-order valence-electron chi connectivity index (χ0n) is 12.5. The lowest BCUT2D eigenvalue weighted by Gasteiger charge is -2.26. The SMILES string of the molecule is Cc1cccc(N)c1S(=O)(=O)N1CCCC1C(=O)N(C)C. The molecule has 2 rings (SSSR count). The van der Waals surface area contributed by atoms with Gasteiger partial charge in [-0.25, -0.2) is 8.42 Å². The van der Waals surface area contributed by atoms with Crippen LogP contribution in [0, 0.1) is 6.92 Å². The minimum absolute atomic E-state index is 0.114. The molecule has 1 aliphatic rings. The Hall–Kier alpha value is -1.60. The molecule has 1 atom stereocenters. The minimum atomic E-state index is -3.77.